The molecule has 2 N–H and O–H groups in total. The zero-order valence-electron chi connectivity index (χ0n) is 16.8. The third-order valence-electron chi connectivity index (χ3n) is 7.38. The highest BCUT2D eigenvalue weighted by Gasteiger charge is 2.51. The van der Waals surface area contributed by atoms with Crippen LogP contribution in [0.25, 0.3) is 0 Å². The standard InChI is InChI=1S/C23H30FN3O2/c24-19-3-1-15(2-4-19)13-27(20-5-6-20)14-21(28)25-22(29)26-23-10-16-7-17(11-23)9-18(8-16)12-23/h1-4,16-18,20H,5-14H2,(H2,25,26,28,29). The number of rotatable bonds is 6. The van der Waals surface area contributed by atoms with Crippen LogP contribution >= 0.6 is 0 Å². The summed E-state index contributed by atoms with van der Waals surface area (Å²) in [4.78, 5) is 27.2. The SMILES string of the molecule is O=C(CN(Cc1ccc(F)cc1)C1CC1)NC(=O)NC12CC3CC(CC(C3)C1)C2. The lowest BCUT2D eigenvalue weighted by Gasteiger charge is -2.56. The summed E-state index contributed by atoms with van der Waals surface area (Å²) < 4.78 is 13.1. The van der Waals surface area contributed by atoms with Gasteiger partial charge in [-0.25, -0.2) is 9.18 Å². The number of hydrogen-bond donors (Lipinski definition) is 2. The van der Waals surface area contributed by atoms with E-state index in [0.29, 0.717) is 12.6 Å². The molecule has 0 saturated heterocycles. The molecule has 6 rings (SSSR count). The Bertz CT molecular complexity index is 755. The second-order valence-corrected chi connectivity index (χ2v) is 9.96. The third-order valence-corrected chi connectivity index (χ3v) is 7.38. The van der Waals surface area contributed by atoms with Crippen molar-refractivity contribution in [2.75, 3.05) is 6.54 Å². The van der Waals surface area contributed by atoms with Crippen LogP contribution in [0.1, 0.15) is 56.9 Å². The highest BCUT2D eigenvalue weighted by molar-refractivity contribution is 5.95. The van der Waals surface area contributed by atoms with E-state index >= 15 is 0 Å². The van der Waals surface area contributed by atoms with E-state index in [-0.39, 0.29) is 29.8 Å². The van der Waals surface area contributed by atoms with Crippen LogP contribution in [0.2, 0.25) is 0 Å². The van der Waals surface area contributed by atoms with Gasteiger partial charge in [0.1, 0.15) is 5.82 Å². The Kier molecular flexibility index (Phi) is 4.85. The monoisotopic (exact) mass is 399 g/mol. The van der Waals surface area contributed by atoms with Crippen molar-refractivity contribution in [2.45, 2.75) is 69.5 Å². The van der Waals surface area contributed by atoms with E-state index in [9.17, 15) is 14.0 Å². The molecule has 0 aliphatic heterocycles. The maximum absolute atomic E-state index is 13.1. The van der Waals surface area contributed by atoms with Gasteiger partial charge in [0.05, 0.1) is 6.54 Å². The Hall–Kier alpha value is -1.95. The number of halogens is 1. The van der Waals surface area contributed by atoms with Gasteiger partial charge in [0, 0.05) is 18.1 Å². The van der Waals surface area contributed by atoms with Gasteiger partial charge in [0.2, 0.25) is 5.91 Å². The number of urea groups is 1. The number of hydrogen-bond acceptors (Lipinski definition) is 3. The number of nitrogens with one attached hydrogen (secondary N) is 2. The fourth-order valence-corrected chi connectivity index (χ4v) is 6.46. The number of amides is 3. The Morgan fingerprint density at radius 1 is 1.00 bits per heavy atom. The lowest BCUT2D eigenvalue weighted by molar-refractivity contribution is -0.121. The largest absolute Gasteiger partial charge is 0.332 e. The molecule has 1 aromatic rings. The summed E-state index contributed by atoms with van der Waals surface area (Å²) >= 11 is 0. The predicted octanol–water partition coefficient (Wildman–Crippen LogP) is 3.58. The smallest absolute Gasteiger partial charge is 0.321 e. The molecule has 4 bridgehead atoms. The fraction of sp³-hybridized carbons (Fsp3) is 0.652. The molecule has 5 aliphatic carbocycles. The van der Waals surface area contributed by atoms with E-state index in [1.165, 1.54) is 31.4 Å². The molecule has 0 radical (unpaired) electrons. The molecule has 3 amide bonds. The van der Waals surface area contributed by atoms with Gasteiger partial charge in [-0.15, -0.1) is 0 Å². The molecule has 0 spiro atoms. The van der Waals surface area contributed by atoms with Crippen LogP contribution in [0.15, 0.2) is 24.3 Å². The molecule has 29 heavy (non-hydrogen) atoms. The van der Waals surface area contributed by atoms with Crippen molar-refractivity contribution in [3.8, 4) is 0 Å². The summed E-state index contributed by atoms with van der Waals surface area (Å²) in [5.74, 6) is 1.72. The summed E-state index contributed by atoms with van der Waals surface area (Å²) in [5, 5.41) is 5.77. The van der Waals surface area contributed by atoms with Gasteiger partial charge in [-0.05, 0) is 86.8 Å². The van der Waals surface area contributed by atoms with Crippen molar-refractivity contribution in [2.24, 2.45) is 17.8 Å². The Morgan fingerprint density at radius 2 is 1.59 bits per heavy atom. The predicted molar refractivity (Wildman–Crippen MR) is 107 cm³/mol. The highest BCUT2D eigenvalue weighted by Crippen LogP contribution is 2.55. The first kappa shape index (κ1) is 19.0. The number of benzene rings is 1. The Morgan fingerprint density at radius 3 is 2.14 bits per heavy atom. The van der Waals surface area contributed by atoms with Crippen molar-refractivity contribution >= 4 is 11.9 Å². The van der Waals surface area contributed by atoms with E-state index in [4.69, 9.17) is 0 Å². The van der Waals surface area contributed by atoms with Crippen LogP contribution in [0.4, 0.5) is 9.18 Å². The van der Waals surface area contributed by atoms with Crippen LogP contribution in [-0.4, -0.2) is 35.0 Å². The first-order chi connectivity index (χ1) is 14.0. The van der Waals surface area contributed by atoms with Crippen LogP contribution in [0.5, 0.6) is 0 Å². The minimum atomic E-state index is -0.338. The van der Waals surface area contributed by atoms with E-state index in [1.54, 1.807) is 12.1 Å². The van der Waals surface area contributed by atoms with E-state index < -0.39 is 0 Å². The van der Waals surface area contributed by atoms with Crippen LogP contribution < -0.4 is 10.6 Å². The molecule has 0 unspecified atom stereocenters. The molecule has 1 aromatic carbocycles. The van der Waals surface area contributed by atoms with Crippen LogP contribution in [0, 0.1) is 23.6 Å². The van der Waals surface area contributed by atoms with Gasteiger partial charge in [-0.2, -0.15) is 0 Å². The molecule has 6 heteroatoms. The topological polar surface area (TPSA) is 61.4 Å². The average Bonchev–Trinajstić information content (AvgIpc) is 3.46. The number of carbonyl (C=O) groups is 2. The van der Waals surface area contributed by atoms with E-state index in [1.807, 2.05) is 0 Å². The average molecular weight is 400 g/mol. The van der Waals surface area contributed by atoms with E-state index in [0.717, 1.165) is 55.4 Å². The van der Waals surface area contributed by atoms with Gasteiger partial charge in [0.15, 0.2) is 0 Å². The first-order valence-electron chi connectivity index (χ1n) is 11.1. The third kappa shape index (κ3) is 4.32. The molecular weight excluding hydrogens is 369 g/mol. The Balaban J connectivity index is 1.15. The molecule has 5 fully saturated rings. The molecule has 0 heterocycles. The zero-order valence-corrected chi connectivity index (χ0v) is 16.8. The van der Waals surface area contributed by atoms with Crippen LogP contribution in [-0.2, 0) is 11.3 Å². The Labute approximate surface area is 171 Å². The van der Waals surface area contributed by atoms with Crippen molar-refractivity contribution in [3.05, 3.63) is 35.6 Å². The molecule has 5 saturated carbocycles. The minimum Gasteiger partial charge on any atom is -0.332 e. The van der Waals surface area contributed by atoms with Crippen molar-refractivity contribution in [1.82, 2.24) is 15.5 Å². The quantitative estimate of drug-likeness (QED) is 0.769. The van der Waals surface area contributed by atoms with E-state index in [2.05, 4.69) is 15.5 Å². The van der Waals surface area contributed by atoms with Gasteiger partial charge < -0.3 is 5.32 Å². The lowest BCUT2D eigenvalue weighted by atomic mass is 9.53. The second kappa shape index (κ2) is 7.38. The number of nitrogens with zero attached hydrogens (tertiary/aromatic N) is 1. The zero-order chi connectivity index (χ0) is 20.0. The maximum Gasteiger partial charge on any atom is 0.321 e. The molecule has 0 aromatic heterocycles. The minimum absolute atomic E-state index is 0.0938. The molecule has 5 aliphatic rings. The molecule has 156 valence electrons. The van der Waals surface area contributed by atoms with Gasteiger partial charge in [0.25, 0.3) is 0 Å². The molecular formula is C23H30FN3O2. The van der Waals surface area contributed by atoms with Gasteiger partial charge in [-0.1, -0.05) is 12.1 Å². The highest BCUT2D eigenvalue weighted by atomic mass is 19.1. The van der Waals surface area contributed by atoms with Crippen molar-refractivity contribution < 1.29 is 14.0 Å². The maximum atomic E-state index is 13.1. The summed E-state index contributed by atoms with van der Waals surface area (Å²) in [6.45, 7) is 0.783. The number of carbonyl (C=O) groups excluding carboxylic acids is 2. The van der Waals surface area contributed by atoms with Crippen molar-refractivity contribution in [3.63, 3.8) is 0 Å². The summed E-state index contributed by atoms with van der Waals surface area (Å²) in [6.07, 6.45) is 9.30. The normalized spacial score (nSPS) is 32.4. The second-order valence-electron chi connectivity index (χ2n) is 9.96. The summed E-state index contributed by atoms with van der Waals surface area (Å²) in [7, 11) is 0. The molecule has 0 atom stereocenters. The summed E-state index contributed by atoms with van der Waals surface area (Å²) in [6, 6.07) is 6.43. The van der Waals surface area contributed by atoms with Crippen LogP contribution in [0.3, 0.4) is 0 Å². The fourth-order valence-electron chi connectivity index (χ4n) is 6.46. The van der Waals surface area contributed by atoms with Gasteiger partial charge in [-0.3, -0.25) is 15.0 Å². The first-order valence-corrected chi connectivity index (χ1v) is 11.1. The van der Waals surface area contributed by atoms with Gasteiger partial charge >= 0.3 is 6.03 Å². The number of imide groups is 1. The summed E-state index contributed by atoms with van der Waals surface area (Å²) in [5.41, 5.74) is 0.882. The molecule has 5 nitrogen and oxygen atoms in total. The lowest BCUT2D eigenvalue weighted by Crippen LogP contribution is -2.62. The van der Waals surface area contributed by atoms with Crippen molar-refractivity contribution in [1.29, 1.82) is 0 Å².